The van der Waals surface area contributed by atoms with Gasteiger partial charge in [0.2, 0.25) is 0 Å². The minimum absolute atomic E-state index is 0.319. The highest BCUT2D eigenvalue weighted by Gasteiger charge is 2.12. The summed E-state index contributed by atoms with van der Waals surface area (Å²) in [6.45, 7) is 0. The zero-order valence-corrected chi connectivity index (χ0v) is 16.9. The second kappa shape index (κ2) is 7.15. The van der Waals surface area contributed by atoms with E-state index in [1.165, 1.54) is 43.4 Å². The second-order valence-corrected chi connectivity index (χ2v) is 7.85. The van der Waals surface area contributed by atoms with E-state index in [4.69, 9.17) is 9.68 Å². The molecule has 31 heavy (non-hydrogen) atoms. The van der Waals surface area contributed by atoms with Gasteiger partial charge in [-0.1, -0.05) is 78.9 Å². The summed E-state index contributed by atoms with van der Waals surface area (Å²) in [5.74, 6) is 0.672. The molecule has 0 saturated carbocycles. The minimum atomic E-state index is -0.319. The fourth-order valence-corrected chi connectivity index (χ4v) is 4.66. The summed E-state index contributed by atoms with van der Waals surface area (Å²) in [5, 5.41) is 18.9. The highest BCUT2D eigenvalue weighted by Crippen LogP contribution is 2.39. The molecule has 0 bridgehead atoms. The first kappa shape index (κ1) is 18.0. The highest BCUT2D eigenvalue weighted by molar-refractivity contribution is 6.24. The maximum absolute atomic E-state index is 9.02. The Hall–Kier alpha value is -3.82. The second-order valence-electron chi connectivity index (χ2n) is 7.85. The lowest BCUT2D eigenvalue weighted by Gasteiger charge is -2.14. The van der Waals surface area contributed by atoms with Crippen LogP contribution in [0.4, 0.5) is 0 Å². The molecule has 0 amide bonds. The Bertz CT molecular complexity index is 1590. The van der Waals surface area contributed by atoms with Gasteiger partial charge < -0.3 is 9.68 Å². The Morgan fingerprint density at radius 3 is 2.06 bits per heavy atom. The fraction of sp³-hybridized carbons (Fsp3) is 0. The average molecular weight is 398 g/mol. The molecule has 0 aliphatic carbocycles. The van der Waals surface area contributed by atoms with Crippen LogP contribution < -0.4 is 4.65 Å². The zero-order chi connectivity index (χ0) is 20.8. The third-order valence-corrected chi connectivity index (χ3v) is 6.10. The molecule has 0 aliphatic rings. The van der Waals surface area contributed by atoms with Crippen molar-refractivity contribution in [3.8, 4) is 16.9 Å². The third-order valence-electron chi connectivity index (χ3n) is 6.10. The van der Waals surface area contributed by atoms with Crippen molar-refractivity contribution < 1.29 is 9.68 Å². The van der Waals surface area contributed by atoms with Gasteiger partial charge in [0.25, 0.3) is 0 Å². The van der Waals surface area contributed by atoms with Crippen LogP contribution in [0.5, 0.6) is 5.75 Å². The van der Waals surface area contributed by atoms with E-state index in [1.54, 1.807) is 0 Å². The molecule has 0 heterocycles. The predicted molar refractivity (Wildman–Crippen MR) is 132 cm³/mol. The van der Waals surface area contributed by atoms with Crippen molar-refractivity contribution in [1.29, 1.82) is 0 Å². The van der Waals surface area contributed by atoms with Crippen LogP contribution in [0.2, 0.25) is 0 Å². The Balaban J connectivity index is 1.67. The Labute approximate surface area is 180 Å². The van der Waals surface area contributed by atoms with E-state index in [1.807, 2.05) is 18.2 Å². The van der Waals surface area contributed by atoms with Crippen LogP contribution in [-0.4, -0.2) is 12.7 Å². The van der Waals surface area contributed by atoms with Gasteiger partial charge in [0.15, 0.2) is 0 Å². The zero-order valence-electron chi connectivity index (χ0n) is 16.9. The maximum Gasteiger partial charge on any atom is 0.504 e. The fourth-order valence-electron chi connectivity index (χ4n) is 4.66. The van der Waals surface area contributed by atoms with Crippen LogP contribution in [0.1, 0.15) is 0 Å². The number of hydrogen-bond donors (Lipinski definition) is 1. The van der Waals surface area contributed by atoms with Gasteiger partial charge in [-0.25, -0.2) is 0 Å². The molecule has 0 fully saturated rings. The molecule has 3 heteroatoms. The third kappa shape index (κ3) is 2.94. The van der Waals surface area contributed by atoms with Crippen molar-refractivity contribution in [2.24, 2.45) is 0 Å². The van der Waals surface area contributed by atoms with Crippen molar-refractivity contribution >= 4 is 50.8 Å². The van der Waals surface area contributed by atoms with Crippen LogP contribution in [-0.2, 0) is 0 Å². The largest absolute Gasteiger partial charge is 0.539 e. The van der Waals surface area contributed by atoms with Gasteiger partial charge in [-0.3, -0.25) is 0 Å². The van der Waals surface area contributed by atoms with E-state index in [0.29, 0.717) is 5.75 Å². The van der Waals surface area contributed by atoms with Gasteiger partial charge >= 0.3 is 7.69 Å². The van der Waals surface area contributed by atoms with Gasteiger partial charge in [0.1, 0.15) is 5.75 Å². The molecule has 0 unspecified atom stereocenters. The quantitative estimate of drug-likeness (QED) is 0.269. The Kier molecular flexibility index (Phi) is 4.15. The van der Waals surface area contributed by atoms with E-state index in [2.05, 4.69) is 84.9 Å². The van der Waals surface area contributed by atoms with Crippen molar-refractivity contribution in [2.45, 2.75) is 0 Å². The van der Waals surface area contributed by atoms with E-state index in [-0.39, 0.29) is 7.69 Å². The van der Waals surface area contributed by atoms with Crippen LogP contribution >= 0.6 is 0 Å². The van der Waals surface area contributed by atoms with Gasteiger partial charge in [0.05, 0.1) is 0 Å². The van der Waals surface area contributed by atoms with Gasteiger partial charge in [0, 0.05) is 0 Å². The van der Waals surface area contributed by atoms with Crippen LogP contribution in [0, 0.1) is 0 Å². The lowest BCUT2D eigenvalue weighted by atomic mass is 9.90. The first-order chi connectivity index (χ1) is 15.3. The standard InChI is InChI=1S/C28H19BO2/c30-29-31-23-13-11-19-15-22(10-9-20(19)16-23)27-17-21-6-2-4-8-25(21)28-24-7-3-1-5-18(24)12-14-26(27)28/h1-17,29-30H. The summed E-state index contributed by atoms with van der Waals surface area (Å²) < 4.78 is 5.23. The normalized spacial score (nSPS) is 11.4. The maximum atomic E-state index is 9.02. The van der Waals surface area contributed by atoms with E-state index >= 15 is 0 Å². The summed E-state index contributed by atoms with van der Waals surface area (Å²) in [6, 6.07) is 36.4. The number of hydrogen-bond acceptors (Lipinski definition) is 2. The Morgan fingerprint density at radius 2 is 1.23 bits per heavy atom. The predicted octanol–water partition coefficient (Wildman–Crippen LogP) is 6.60. The molecule has 6 rings (SSSR count). The number of benzene rings is 6. The van der Waals surface area contributed by atoms with Crippen LogP contribution in [0.3, 0.4) is 0 Å². The molecule has 0 aromatic heterocycles. The molecule has 6 aromatic rings. The molecular weight excluding hydrogens is 379 g/mol. The summed E-state index contributed by atoms with van der Waals surface area (Å²) in [4.78, 5) is 0. The molecule has 0 spiro atoms. The lowest BCUT2D eigenvalue weighted by molar-refractivity contribution is 0.454. The van der Waals surface area contributed by atoms with Crippen molar-refractivity contribution in [2.75, 3.05) is 0 Å². The van der Waals surface area contributed by atoms with Crippen LogP contribution in [0.25, 0.3) is 54.2 Å². The molecular formula is C28H19BO2. The molecule has 0 radical (unpaired) electrons. The van der Waals surface area contributed by atoms with Gasteiger partial charge in [-0.15, -0.1) is 0 Å². The SMILES string of the molecule is OBOc1ccc2cc(-c3cc4ccccc4c4c3ccc3ccccc34)ccc2c1. The van der Waals surface area contributed by atoms with Gasteiger partial charge in [-0.05, 0) is 78.5 Å². The number of rotatable bonds is 3. The summed E-state index contributed by atoms with van der Waals surface area (Å²) in [7, 11) is -0.319. The first-order valence-corrected chi connectivity index (χ1v) is 10.4. The van der Waals surface area contributed by atoms with E-state index in [9.17, 15) is 0 Å². The molecule has 0 aliphatic heterocycles. The summed E-state index contributed by atoms with van der Waals surface area (Å²) in [5.41, 5.74) is 2.42. The molecule has 1 N–H and O–H groups in total. The van der Waals surface area contributed by atoms with E-state index < -0.39 is 0 Å². The summed E-state index contributed by atoms with van der Waals surface area (Å²) >= 11 is 0. The Morgan fingerprint density at radius 1 is 0.548 bits per heavy atom. The van der Waals surface area contributed by atoms with Crippen molar-refractivity contribution in [3.05, 3.63) is 103 Å². The highest BCUT2D eigenvalue weighted by atomic mass is 16.5. The van der Waals surface area contributed by atoms with Crippen LogP contribution in [0.15, 0.2) is 103 Å². The van der Waals surface area contributed by atoms with Crippen molar-refractivity contribution in [1.82, 2.24) is 0 Å². The minimum Gasteiger partial charge on any atom is -0.539 e. The molecule has 2 nitrogen and oxygen atoms in total. The smallest absolute Gasteiger partial charge is 0.504 e. The average Bonchev–Trinajstić information content (AvgIpc) is 2.83. The molecule has 6 aromatic carbocycles. The topological polar surface area (TPSA) is 29.5 Å². The van der Waals surface area contributed by atoms with E-state index in [0.717, 1.165) is 10.8 Å². The molecule has 146 valence electrons. The molecule has 0 saturated heterocycles. The van der Waals surface area contributed by atoms with Gasteiger partial charge in [-0.2, -0.15) is 0 Å². The first-order valence-electron chi connectivity index (χ1n) is 10.4. The monoisotopic (exact) mass is 398 g/mol. The number of fused-ring (bicyclic) bond motifs is 6. The lowest BCUT2D eigenvalue weighted by Crippen LogP contribution is -1.99. The summed E-state index contributed by atoms with van der Waals surface area (Å²) in [6.07, 6.45) is 0. The van der Waals surface area contributed by atoms with Crippen molar-refractivity contribution in [3.63, 3.8) is 0 Å². The molecule has 0 atom stereocenters.